The van der Waals surface area contributed by atoms with Gasteiger partial charge in [-0.3, -0.25) is 14.4 Å². The van der Waals surface area contributed by atoms with Crippen LogP contribution in [0.3, 0.4) is 0 Å². The summed E-state index contributed by atoms with van der Waals surface area (Å²) >= 11 is 5.78. The van der Waals surface area contributed by atoms with Crippen LogP contribution in [0.2, 0.25) is 5.02 Å². The maximum Gasteiger partial charge on any atom is 0.435 e. The van der Waals surface area contributed by atoms with Crippen LogP contribution in [0.4, 0.5) is 17.6 Å². The average molecular weight is 519 g/mol. The summed E-state index contributed by atoms with van der Waals surface area (Å²) in [5.74, 6) is -1.11. The number of fused-ring (bicyclic) bond motifs is 1. The number of nitrogens with zero attached hydrogens (tertiary/aromatic N) is 4. The van der Waals surface area contributed by atoms with Crippen molar-refractivity contribution in [3.8, 4) is 0 Å². The number of rotatable bonds is 5. The number of carbonyl (C=O) groups excluding carboxylic acids is 1. The van der Waals surface area contributed by atoms with E-state index in [1.807, 2.05) is 4.90 Å². The fourth-order valence-electron chi connectivity index (χ4n) is 4.79. The number of amides is 1. The molecule has 7 nitrogen and oxygen atoms in total. The molecule has 35 heavy (non-hydrogen) atoms. The molecule has 1 aromatic carbocycles. The van der Waals surface area contributed by atoms with Crippen molar-refractivity contribution in [2.45, 2.75) is 51.2 Å². The van der Waals surface area contributed by atoms with Gasteiger partial charge < -0.3 is 15.1 Å². The Labute approximate surface area is 204 Å². The molecular formula is C23H27ClF4N4O3. The first-order chi connectivity index (χ1) is 16.5. The van der Waals surface area contributed by atoms with Gasteiger partial charge in [0.05, 0.1) is 25.3 Å². The Balaban J connectivity index is 1.52. The summed E-state index contributed by atoms with van der Waals surface area (Å²) in [6.07, 6.45) is -4.15. The predicted octanol–water partition coefficient (Wildman–Crippen LogP) is 3.04. The zero-order valence-corrected chi connectivity index (χ0v) is 19.7. The minimum atomic E-state index is -4.67. The Kier molecular flexibility index (Phi) is 7.70. The smallest absolute Gasteiger partial charge is 0.368 e. The van der Waals surface area contributed by atoms with E-state index < -0.39 is 24.0 Å². The highest BCUT2D eigenvalue weighted by molar-refractivity contribution is 6.30. The van der Waals surface area contributed by atoms with Gasteiger partial charge in [-0.2, -0.15) is 18.3 Å². The number of alkyl halides is 3. The summed E-state index contributed by atoms with van der Waals surface area (Å²) in [4.78, 5) is 16.5. The number of hydrogen-bond acceptors (Lipinski definition) is 5. The number of aromatic nitrogens is 2. The van der Waals surface area contributed by atoms with Crippen LogP contribution in [-0.4, -0.2) is 68.2 Å². The lowest BCUT2D eigenvalue weighted by atomic mass is 10.0. The van der Waals surface area contributed by atoms with Crippen LogP contribution in [0.5, 0.6) is 0 Å². The summed E-state index contributed by atoms with van der Waals surface area (Å²) in [6.45, 7) is 1.09. The van der Waals surface area contributed by atoms with Crippen LogP contribution >= 0.6 is 11.6 Å². The first kappa shape index (κ1) is 25.9. The molecule has 1 saturated heterocycles. The number of carbonyl (C=O) groups is 1. The number of halogens is 5. The van der Waals surface area contributed by atoms with Crippen LogP contribution in [0, 0.1) is 11.7 Å². The van der Waals surface area contributed by atoms with Crippen LogP contribution in [0.15, 0.2) is 18.2 Å². The standard InChI is InChI=1S/C23H27ClF4N4O3/c24-16-4-3-15(18(25)10-16)11-32-19-12-31(9-6-17(19)21(29-32)23(26,27)28)20(33)13-30-7-1-2-14(5-8-30)22(34)35/h3-4,10,14,22,34-35H,1-2,5-9,11-13H2. The Morgan fingerprint density at radius 2 is 1.97 bits per heavy atom. The van der Waals surface area contributed by atoms with Crippen molar-refractivity contribution in [3.63, 3.8) is 0 Å². The maximum atomic E-state index is 14.3. The van der Waals surface area contributed by atoms with E-state index in [1.54, 1.807) is 0 Å². The summed E-state index contributed by atoms with van der Waals surface area (Å²) < 4.78 is 56.4. The van der Waals surface area contributed by atoms with E-state index in [-0.39, 0.29) is 66.3 Å². The molecule has 4 rings (SSSR count). The molecule has 1 fully saturated rings. The van der Waals surface area contributed by atoms with E-state index in [2.05, 4.69) is 5.10 Å². The normalized spacial score (nSPS) is 19.7. The SMILES string of the molecule is O=C(CN1CCCC(C(O)O)CC1)N1CCc2c(C(F)(F)F)nn(Cc3ccc(Cl)cc3F)c2C1. The summed E-state index contributed by atoms with van der Waals surface area (Å²) in [6, 6.07) is 3.95. The largest absolute Gasteiger partial charge is 0.435 e. The van der Waals surface area contributed by atoms with E-state index in [9.17, 15) is 32.6 Å². The molecule has 0 radical (unpaired) electrons. The minimum Gasteiger partial charge on any atom is -0.368 e. The van der Waals surface area contributed by atoms with Gasteiger partial charge in [0.25, 0.3) is 0 Å². The number of aliphatic hydroxyl groups excluding tert-OH is 1. The first-order valence-electron chi connectivity index (χ1n) is 11.5. The zero-order chi connectivity index (χ0) is 25.3. The van der Waals surface area contributed by atoms with Gasteiger partial charge >= 0.3 is 6.18 Å². The quantitative estimate of drug-likeness (QED) is 0.470. The van der Waals surface area contributed by atoms with Gasteiger partial charge in [-0.05, 0) is 50.9 Å². The van der Waals surface area contributed by atoms with Gasteiger partial charge in [-0.25, -0.2) is 4.39 Å². The molecule has 12 heteroatoms. The molecule has 3 heterocycles. The highest BCUT2D eigenvalue weighted by Crippen LogP contribution is 2.35. The number of likely N-dealkylation sites (tertiary alicyclic amines) is 1. The minimum absolute atomic E-state index is 0.00219. The van der Waals surface area contributed by atoms with Gasteiger partial charge in [0.1, 0.15) is 5.82 Å². The molecule has 0 spiro atoms. The van der Waals surface area contributed by atoms with Crippen molar-refractivity contribution in [2.24, 2.45) is 5.92 Å². The van der Waals surface area contributed by atoms with Gasteiger partial charge in [-0.1, -0.05) is 17.7 Å². The molecule has 1 amide bonds. The van der Waals surface area contributed by atoms with Gasteiger partial charge in [0.15, 0.2) is 12.0 Å². The van der Waals surface area contributed by atoms with Crippen LogP contribution in [0.1, 0.15) is 41.8 Å². The molecule has 2 aliphatic heterocycles. The first-order valence-corrected chi connectivity index (χ1v) is 11.9. The molecule has 2 N–H and O–H groups in total. The third-order valence-corrected chi connectivity index (χ3v) is 6.98. The van der Waals surface area contributed by atoms with Crippen LogP contribution in [-0.2, 0) is 30.5 Å². The van der Waals surface area contributed by atoms with E-state index in [4.69, 9.17) is 11.6 Å². The third kappa shape index (κ3) is 5.96. The topological polar surface area (TPSA) is 81.8 Å². The van der Waals surface area contributed by atoms with E-state index >= 15 is 0 Å². The molecule has 0 saturated carbocycles. The second kappa shape index (κ2) is 10.4. The maximum absolute atomic E-state index is 14.3. The molecular weight excluding hydrogens is 492 g/mol. The van der Waals surface area contributed by atoms with Gasteiger partial charge in [0, 0.05) is 28.6 Å². The van der Waals surface area contributed by atoms with Crippen molar-refractivity contribution < 1.29 is 32.6 Å². The second-order valence-electron chi connectivity index (χ2n) is 9.11. The van der Waals surface area contributed by atoms with Crippen molar-refractivity contribution in [1.82, 2.24) is 19.6 Å². The fourth-order valence-corrected chi connectivity index (χ4v) is 4.95. The third-order valence-electron chi connectivity index (χ3n) is 6.74. The molecule has 192 valence electrons. The van der Waals surface area contributed by atoms with E-state index in [1.165, 1.54) is 17.0 Å². The molecule has 1 unspecified atom stereocenters. The van der Waals surface area contributed by atoms with Crippen molar-refractivity contribution in [1.29, 1.82) is 0 Å². The summed E-state index contributed by atoms with van der Waals surface area (Å²) in [5, 5.41) is 22.8. The van der Waals surface area contributed by atoms with Gasteiger partial charge in [-0.15, -0.1) is 0 Å². The summed E-state index contributed by atoms with van der Waals surface area (Å²) in [7, 11) is 0. The Bertz CT molecular complexity index is 1080. The van der Waals surface area contributed by atoms with E-state index in [0.717, 1.165) is 10.7 Å². The molecule has 0 aliphatic carbocycles. The average Bonchev–Trinajstić information content (AvgIpc) is 2.98. The Morgan fingerprint density at radius 3 is 2.66 bits per heavy atom. The Morgan fingerprint density at radius 1 is 1.20 bits per heavy atom. The highest BCUT2D eigenvalue weighted by Gasteiger charge is 2.41. The number of benzene rings is 1. The van der Waals surface area contributed by atoms with Gasteiger partial charge in [0.2, 0.25) is 5.91 Å². The monoisotopic (exact) mass is 518 g/mol. The fraction of sp³-hybridized carbons (Fsp3) is 0.565. The number of hydrogen-bond donors (Lipinski definition) is 2. The molecule has 0 bridgehead atoms. The number of aliphatic hydroxyl groups is 2. The molecule has 2 aliphatic rings. The zero-order valence-electron chi connectivity index (χ0n) is 18.9. The van der Waals surface area contributed by atoms with Crippen molar-refractivity contribution >= 4 is 17.5 Å². The Hall–Kier alpha value is -2.21. The van der Waals surface area contributed by atoms with Crippen molar-refractivity contribution in [2.75, 3.05) is 26.2 Å². The lowest BCUT2D eigenvalue weighted by Crippen LogP contribution is -2.43. The lowest BCUT2D eigenvalue weighted by Gasteiger charge is -2.30. The molecule has 2 aromatic rings. The van der Waals surface area contributed by atoms with Crippen LogP contribution < -0.4 is 0 Å². The van der Waals surface area contributed by atoms with E-state index in [0.29, 0.717) is 32.4 Å². The predicted molar refractivity (Wildman–Crippen MR) is 119 cm³/mol. The molecule has 1 aromatic heterocycles. The second-order valence-corrected chi connectivity index (χ2v) is 9.55. The highest BCUT2D eigenvalue weighted by atomic mass is 35.5. The van der Waals surface area contributed by atoms with Crippen molar-refractivity contribution in [3.05, 3.63) is 51.6 Å². The lowest BCUT2D eigenvalue weighted by molar-refractivity contribution is -0.142. The summed E-state index contributed by atoms with van der Waals surface area (Å²) in [5.41, 5.74) is -0.590. The van der Waals surface area contributed by atoms with Crippen LogP contribution in [0.25, 0.3) is 0 Å². The molecule has 1 atom stereocenters.